The molecular formula is C11H13FO2. The standard InChI is InChI=1S/C11H13FO2/c1-8(2)14-10-5-3-9(4-6-10)11(13)7-12/h3-6,8H,7H2,1-2H3. The minimum atomic E-state index is -0.954. The molecule has 0 bridgehead atoms. The number of Topliss-reactive ketones (excluding diaryl/α,β-unsaturated/α-hetero) is 1. The van der Waals surface area contributed by atoms with Crippen molar-refractivity contribution < 1.29 is 13.9 Å². The van der Waals surface area contributed by atoms with Crippen molar-refractivity contribution in [3.05, 3.63) is 29.8 Å². The number of alkyl halides is 1. The molecule has 1 rings (SSSR count). The van der Waals surface area contributed by atoms with Gasteiger partial charge in [0.05, 0.1) is 6.10 Å². The van der Waals surface area contributed by atoms with E-state index in [1.54, 1.807) is 24.3 Å². The van der Waals surface area contributed by atoms with Crippen molar-refractivity contribution in [2.75, 3.05) is 6.67 Å². The zero-order valence-corrected chi connectivity index (χ0v) is 8.29. The maximum Gasteiger partial charge on any atom is 0.193 e. The molecule has 0 aliphatic rings. The van der Waals surface area contributed by atoms with E-state index in [-0.39, 0.29) is 6.10 Å². The van der Waals surface area contributed by atoms with Crippen molar-refractivity contribution in [1.82, 2.24) is 0 Å². The Morgan fingerprint density at radius 3 is 2.36 bits per heavy atom. The molecule has 0 N–H and O–H groups in total. The van der Waals surface area contributed by atoms with Gasteiger partial charge in [-0.2, -0.15) is 0 Å². The van der Waals surface area contributed by atoms with Gasteiger partial charge in [0.15, 0.2) is 12.5 Å². The number of rotatable bonds is 4. The summed E-state index contributed by atoms with van der Waals surface area (Å²) in [5.74, 6) is 0.191. The number of carbonyl (C=O) groups excluding carboxylic acids is 1. The molecule has 0 radical (unpaired) electrons. The molecule has 1 aromatic rings. The maximum atomic E-state index is 12.0. The fourth-order valence-corrected chi connectivity index (χ4v) is 1.07. The van der Waals surface area contributed by atoms with Crippen LogP contribution in [-0.2, 0) is 0 Å². The molecule has 0 saturated carbocycles. The second kappa shape index (κ2) is 4.74. The number of ketones is 1. The Morgan fingerprint density at radius 2 is 1.93 bits per heavy atom. The highest BCUT2D eigenvalue weighted by Gasteiger charge is 2.04. The number of hydrogen-bond acceptors (Lipinski definition) is 2. The molecule has 0 aliphatic heterocycles. The van der Waals surface area contributed by atoms with Crippen LogP contribution in [0.3, 0.4) is 0 Å². The average Bonchev–Trinajstić information content (AvgIpc) is 2.17. The lowest BCUT2D eigenvalue weighted by Gasteiger charge is -2.09. The number of benzene rings is 1. The Labute approximate surface area is 82.7 Å². The van der Waals surface area contributed by atoms with Gasteiger partial charge in [-0.05, 0) is 38.1 Å². The van der Waals surface area contributed by atoms with Crippen LogP contribution in [0.25, 0.3) is 0 Å². The molecule has 0 unspecified atom stereocenters. The predicted molar refractivity (Wildman–Crippen MR) is 52.5 cm³/mol. The molecule has 76 valence electrons. The van der Waals surface area contributed by atoms with Gasteiger partial charge in [0, 0.05) is 5.56 Å². The first-order chi connectivity index (χ1) is 6.63. The van der Waals surface area contributed by atoms with Crippen LogP contribution in [0.2, 0.25) is 0 Å². The summed E-state index contributed by atoms with van der Waals surface area (Å²) < 4.78 is 17.4. The first kappa shape index (κ1) is 10.7. The third kappa shape index (κ3) is 2.83. The van der Waals surface area contributed by atoms with E-state index < -0.39 is 12.5 Å². The normalized spacial score (nSPS) is 10.3. The summed E-state index contributed by atoms with van der Waals surface area (Å²) in [6.45, 7) is 2.88. The molecule has 0 spiro atoms. The topological polar surface area (TPSA) is 26.3 Å². The van der Waals surface area contributed by atoms with Crippen LogP contribution < -0.4 is 4.74 Å². The van der Waals surface area contributed by atoms with E-state index in [0.29, 0.717) is 11.3 Å². The number of hydrogen-bond donors (Lipinski definition) is 0. The molecule has 0 aliphatic carbocycles. The monoisotopic (exact) mass is 196 g/mol. The average molecular weight is 196 g/mol. The van der Waals surface area contributed by atoms with E-state index in [2.05, 4.69) is 0 Å². The van der Waals surface area contributed by atoms with E-state index in [9.17, 15) is 9.18 Å². The van der Waals surface area contributed by atoms with E-state index in [1.165, 1.54) is 0 Å². The van der Waals surface area contributed by atoms with Crippen molar-refractivity contribution in [2.45, 2.75) is 20.0 Å². The van der Waals surface area contributed by atoms with Crippen LogP contribution in [0, 0.1) is 0 Å². The Morgan fingerprint density at radius 1 is 1.36 bits per heavy atom. The Bertz CT molecular complexity index is 304. The summed E-state index contributed by atoms with van der Waals surface area (Å²) in [7, 11) is 0. The second-order valence-electron chi connectivity index (χ2n) is 3.25. The van der Waals surface area contributed by atoms with Gasteiger partial charge in [-0.3, -0.25) is 4.79 Å². The molecule has 14 heavy (non-hydrogen) atoms. The highest BCUT2D eigenvalue weighted by atomic mass is 19.1. The Balaban J connectivity index is 2.73. The van der Waals surface area contributed by atoms with E-state index in [1.807, 2.05) is 13.8 Å². The van der Waals surface area contributed by atoms with Gasteiger partial charge < -0.3 is 4.74 Å². The smallest absolute Gasteiger partial charge is 0.193 e. The van der Waals surface area contributed by atoms with Crippen molar-refractivity contribution >= 4 is 5.78 Å². The molecule has 0 heterocycles. The maximum absolute atomic E-state index is 12.0. The van der Waals surface area contributed by atoms with E-state index >= 15 is 0 Å². The predicted octanol–water partition coefficient (Wildman–Crippen LogP) is 2.63. The van der Waals surface area contributed by atoms with Gasteiger partial charge >= 0.3 is 0 Å². The molecule has 3 heteroatoms. The SMILES string of the molecule is CC(C)Oc1ccc(C(=O)CF)cc1. The fraction of sp³-hybridized carbons (Fsp3) is 0.364. The van der Waals surface area contributed by atoms with Crippen LogP contribution in [0.1, 0.15) is 24.2 Å². The molecule has 0 fully saturated rings. The lowest BCUT2D eigenvalue weighted by molar-refractivity contribution is 0.0958. The third-order valence-electron chi connectivity index (χ3n) is 1.67. The first-order valence-corrected chi connectivity index (χ1v) is 4.49. The largest absolute Gasteiger partial charge is 0.491 e. The Kier molecular flexibility index (Phi) is 3.63. The highest BCUT2D eigenvalue weighted by Crippen LogP contribution is 2.14. The van der Waals surface area contributed by atoms with Gasteiger partial charge in [0.1, 0.15) is 5.75 Å². The van der Waals surface area contributed by atoms with Gasteiger partial charge in [0.25, 0.3) is 0 Å². The van der Waals surface area contributed by atoms with Crippen molar-refractivity contribution in [1.29, 1.82) is 0 Å². The van der Waals surface area contributed by atoms with Gasteiger partial charge in [-0.25, -0.2) is 4.39 Å². The van der Waals surface area contributed by atoms with Crippen LogP contribution >= 0.6 is 0 Å². The van der Waals surface area contributed by atoms with Crippen LogP contribution in [0.15, 0.2) is 24.3 Å². The molecule has 1 aromatic carbocycles. The van der Waals surface area contributed by atoms with Crippen LogP contribution in [-0.4, -0.2) is 18.6 Å². The third-order valence-corrected chi connectivity index (χ3v) is 1.67. The van der Waals surface area contributed by atoms with Crippen molar-refractivity contribution in [3.63, 3.8) is 0 Å². The molecule has 0 aromatic heterocycles. The highest BCUT2D eigenvalue weighted by molar-refractivity contribution is 5.97. The quantitative estimate of drug-likeness (QED) is 0.692. The zero-order chi connectivity index (χ0) is 10.6. The zero-order valence-electron chi connectivity index (χ0n) is 8.29. The first-order valence-electron chi connectivity index (χ1n) is 4.49. The van der Waals surface area contributed by atoms with Crippen molar-refractivity contribution in [2.24, 2.45) is 0 Å². The molecule has 0 amide bonds. The van der Waals surface area contributed by atoms with Crippen molar-refractivity contribution in [3.8, 4) is 5.75 Å². The fourth-order valence-electron chi connectivity index (χ4n) is 1.07. The molecular weight excluding hydrogens is 183 g/mol. The summed E-state index contributed by atoms with van der Waals surface area (Å²) in [5.41, 5.74) is 0.378. The van der Waals surface area contributed by atoms with Crippen LogP contribution in [0.5, 0.6) is 5.75 Å². The minimum absolute atomic E-state index is 0.0951. The van der Waals surface area contributed by atoms with Crippen LogP contribution in [0.4, 0.5) is 4.39 Å². The summed E-state index contributed by atoms with van der Waals surface area (Å²) in [4.78, 5) is 10.9. The summed E-state index contributed by atoms with van der Waals surface area (Å²) >= 11 is 0. The van der Waals surface area contributed by atoms with Gasteiger partial charge in [0.2, 0.25) is 0 Å². The molecule has 2 nitrogen and oxygen atoms in total. The Hall–Kier alpha value is -1.38. The van der Waals surface area contributed by atoms with E-state index in [0.717, 1.165) is 0 Å². The van der Waals surface area contributed by atoms with Gasteiger partial charge in [-0.1, -0.05) is 0 Å². The summed E-state index contributed by atoms with van der Waals surface area (Å²) in [5, 5.41) is 0. The second-order valence-corrected chi connectivity index (χ2v) is 3.25. The summed E-state index contributed by atoms with van der Waals surface area (Å²) in [6.07, 6.45) is 0.0951. The lowest BCUT2D eigenvalue weighted by Crippen LogP contribution is -2.06. The van der Waals surface area contributed by atoms with E-state index in [4.69, 9.17) is 4.74 Å². The molecule has 0 atom stereocenters. The number of carbonyl (C=O) groups is 1. The summed E-state index contributed by atoms with van der Waals surface area (Å²) in [6, 6.07) is 6.48. The number of ether oxygens (including phenoxy) is 1. The minimum Gasteiger partial charge on any atom is -0.491 e. The lowest BCUT2D eigenvalue weighted by atomic mass is 10.1. The number of halogens is 1. The van der Waals surface area contributed by atoms with Gasteiger partial charge in [-0.15, -0.1) is 0 Å². The molecule has 0 saturated heterocycles.